The Morgan fingerprint density at radius 2 is 1.62 bits per heavy atom. The van der Waals surface area contributed by atoms with Gasteiger partial charge in [-0.05, 0) is 31.5 Å². The van der Waals surface area contributed by atoms with Gasteiger partial charge in [-0.3, -0.25) is 0 Å². The highest BCUT2D eigenvalue weighted by Crippen LogP contribution is 2.21. The molecule has 0 radical (unpaired) electrons. The van der Waals surface area contributed by atoms with Gasteiger partial charge in [-0.15, -0.1) is 0 Å². The standard InChI is InChI=1S/C17H19F2NO/c1-11-6-8-13(9-7-11)12(2)20-10-16(21)17-14(18)4-3-5-15(17)19/h3-9,12,16,20-21H,10H2,1-2H3/t12-,16?/m1/s1. The minimum Gasteiger partial charge on any atom is -0.387 e. The molecule has 0 bridgehead atoms. The third-order valence-corrected chi connectivity index (χ3v) is 3.53. The van der Waals surface area contributed by atoms with Gasteiger partial charge in [0, 0.05) is 12.6 Å². The summed E-state index contributed by atoms with van der Waals surface area (Å²) in [5, 5.41) is 13.1. The fourth-order valence-corrected chi connectivity index (χ4v) is 2.19. The number of hydrogen-bond acceptors (Lipinski definition) is 2. The molecule has 1 unspecified atom stereocenters. The number of halogens is 2. The molecule has 0 aliphatic heterocycles. The average Bonchev–Trinajstić information content (AvgIpc) is 2.45. The van der Waals surface area contributed by atoms with Crippen LogP contribution in [0.25, 0.3) is 0 Å². The molecule has 0 aliphatic carbocycles. The van der Waals surface area contributed by atoms with E-state index < -0.39 is 17.7 Å². The van der Waals surface area contributed by atoms with E-state index in [0.29, 0.717) is 0 Å². The number of aryl methyl sites for hydroxylation is 1. The summed E-state index contributed by atoms with van der Waals surface area (Å²) in [7, 11) is 0. The van der Waals surface area contributed by atoms with E-state index in [1.165, 1.54) is 11.6 Å². The Hall–Kier alpha value is -1.78. The lowest BCUT2D eigenvalue weighted by Crippen LogP contribution is -2.25. The highest BCUT2D eigenvalue weighted by atomic mass is 19.1. The van der Waals surface area contributed by atoms with Crippen LogP contribution in [0.3, 0.4) is 0 Å². The van der Waals surface area contributed by atoms with E-state index in [4.69, 9.17) is 0 Å². The van der Waals surface area contributed by atoms with Gasteiger partial charge in [-0.2, -0.15) is 0 Å². The fraction of sp³-hybridized carbons (Fsp3) is 0.294. The second kappa shape index (κ2) is 6.78. The first-order chi connectivity index (χ1) is 9.99. The van der Waals surface area contributed by atoms with Crippen LogP contribution in [-0.4, -0.2) is 11.7 Å². The first-order valence-corrected chi connectivity index (χ1v) is 6.91. The fourth-order valence-electron chi connectivity index (χ4n) is 2.19. The summed E-state index contributed by atoms with van der Waals surface area (Å²) >= 11 is 0. The zero-order valence-corrected chi connectivity index (χ0v) is 12.1. The Morgan fingerprint density at radius 3 is 2.19 bits per heavy atom. The van der Waals surface area contributed by atoms with E-state index in [0.717, 1.165) is 17.7 Å². The Morgan fingerprint density at radius 1 is 1.05 bits per heavy atom. The maximum absolute atomic E-state index is 13.6. The maximum Gasteiger partial charge on any atom is 0.131 e. The van der Waals surface area contributed by atoms with Crippen molar-refractivity contribution in [2.24, 2.45) is 0 Å². The van der Waals surface area contributed by atoms with E-state index in [1.807, 2.05) is 38.1 Å². The lowest BCUT2D eigenvalue weighted by molar-refractivity contribution is 0.161. The zero-order valence-electron chi connectivity index (χ0n) is 12.1. The molecule has 0 heterocycles. The van der Waals surface area contributed by atoms with Crippen molar-refractivity contribution in [1.82, 2.24) is 5.32 Å². The minimum atomic E-state index is -1.22. The van der Waals surface area contributed by atoms with Gasteiger partial charge in [0.15, 0.2) is 0 Å². The van der Waals surface area contributed by atoms with Gasteiger partial charge < -0.3 is 10.4 Å². The van der Waals surface area contributed by atoms with Gasteiger partial charge in [0.2, 0.25) is 0 Å². The van der Waals surface area contributed by atoms with Crippen LogP contribution in [0.4, 0.5) is 8.78 Å². The molecule has 2 N–H and O–H groups in total. The summed E-state index contributed by atoms with van der Waals surface area (Å²) < 4.78 is 27.1. The number of rotatable bonds is 5. The van der Waals surface area contributed by atoms with Crippen LogP contribution < -0.4 is 5.32 Å². The van der Waals surface area contributed by atoms with Crippen LogP contribution in [0.2, 0.25) is 0 Å². The normalized spacial score (nSPS) is 14.0. The Bertz CT molecular complexity index is 578. The third-order valence-electron chi connectivity index (χ3n) is 3.53. The van der Waals surface area contributed by atoms with E-state index >= 15 is 0 Å². The number of aliphatic hydroxyl groups excluding tert-OH is 1. The van der Waals surface area contributed by atoms with Crippen LogP contribution in [0, 0.1) is 18.6 Å². The highest BCUT2D eigenvalue weighted by molar-refractivity contribution is 5.24. The van der Waals surface area contributed by atoms with Crippen molar-refractivity contribution in [1.29, 1.82) is 0 Å². The lowest BCUT2D eigenvalue weighted by Gasteiger charge is -2.18. The lowest BCUT2D eigenvalue weighted by atomic mass is 10.0. The molecule has 112 valence electrons. The number of benzene rings is 2. The number of hydrogen-bond donors (Lipinski definition) is 2. The van der Waals surface area contributed by atoms with E-state index in [-0.39, 0.29) is 18.2 Å². The van der Waals surface area contributed by atoms with Crippen molar-refractivity contribution < 1.29 is 13.9 Å². The quantitative estimate of drug-likeness (QED) is 0.881. The minimum absolute atomic E-state index is 0.0184. The molecule has 0 aromatic heterocycles. The SMILES string of the molecule is Cc1ccc([C@@H](C)NCC(O)c2c(F)cccc2F)cc1. The maximum atomic E-state index is 13.6. The average molecular weight is 291 g/mol. The largest absolute Gasteiger partial charge is 0.387 e. The Labute approximate surface area is 123 Å². The first-order valence-electron chi connectivity index (χ1n) is 6.91. The van der Waals surface area contributed by atoms with Gasteiger partial charge in [-0.1, -0.05) is 35.9 Å². The third kappa shape index (κ3) is 3.86. The van der Waals surface area contributed by atoms with E-state index in [1.54, 1.807) is 0 Å². The van der Waals surface area contributed by atoms with Crippen molar-refractivity contribution in [2.75, 3.05) is 6.54 Å². The molecule has 2 aromatic carbocycles. The molecule has 0 spiro atoms. The molecular formula is C17H19F2NO. The van der Waals surface area contributed by atoms with Gasteiger partial charge in [0.05, 0.1) is 11.7 Å². The molecule has 0 aliphatic rings. The predicted molar refractivity (Wildman–Crippen MR) is 78.9 cm³/mol. The molecule has 0 saturated heterocycles. The molecule has 2 atom stereocenters. The molecule has 0 amide bonds. The van der Waals surface area contributed by atoms with Crippen molar-refractivity contribution in [3.05, 3.63) is 70.8 Å². The summed E-state index contributed by atoms with van der Waals surface area (Å²) in [6.07, 6.45) is -1.22. The second-order valence-electron chi connectivity index (χ2n) is 5.19. The molecule has 2 aromatic rings. The van der Waals surface area contributed by atoms with Crippen molar-refractivity contribution in [3.63, 3.8) is 0 Å². The van der Waals surface area contributed by atoms with Crippen LogP contribution in [-0.2, 0) is 0 Å². The number of nitrogens with one attached hydrogen (secondary N) is 1. The zero-order chi connectivity index (χ0) is 15.4. The monoisotopic (exact) mass is 291 g/mol. The van der Waals surface area contributed by atoms with Crippen molar-refractivity contribution in [2.45, 2.75) is 26.0 Å². The Kier molecular flexibility index (Phi) is 5.04. The van der Waals surface area contributed by atoms with Crippen LogP contribution in [0.5, 0.6) is 0 Å². The molecular weight excluding hydrogens is 272 g/mol. The molecule has 0 fully saturated rings. The van der Waals surface area contributed by atoms with E-state index in [2.05, 4.69) is 5.32 Å². The van der Waals surface area contributed by atoms with Gasteiger partial charge >= 0.3 is 0 Å². The second-order valence-corrected chi connectivity index (χ2v) is 5.19. The van der Waals surface area contributed by atoms with Crippen LogP contribution in [0.15, 0.2) is 42.5 Å². The summed E-state index contributed by atoms with van der Waals surface area (Å²) in [4.78, 5) is 0. The highest BCUT2D eigenvalue weighted by Gasteiger charge is 2.18. The van der Waals surface area contributed by atoms with Crippen molar-refractivity contribution in [3.8, 4) is 0 Å². The molecule has 0 saturated carbocycles. The first kappa shape index (κ1) is 15.6. The smallest absolute Gasteiger partial charge is 0.131 e. The van der Waals surface area contributed by atoms with Gasteiger partial charge in [-0.25, -0.2) is 8.78 Å². The number of aliphatic hydroxyl groups is 1. The summed E-state index contributed by atoms with van der Waals surface area (Å²) in [6.45, 7) is 4.02. The van der Waals surface area contributed by atoms with Crippen LogP contribution >= 0.6 is 0 Å². The Balaban J connectivity index is 2.00. The van der Waals surface area contributed by atoms with Gasteiger partial charge in [0.25, 0.3) is 0 Å². The molecule has 2 nitrogen and oxygen atoms in total. The summed E-state index contributed by atoms with van der Waals surface area (Å²) in [5.41, 5.74) is 1.93. The summed E-state index contributed by atoms with van der Waals surface area (Å²) in [5.74, 6) is -1.46. The summed E-state index contributed by atoms with van der Waals surface area (Å²) in [6, 6.07) is 11.5. The van der Waals surface area contributed by atoms with Crippen molar-refractivity contribution >= 4 is 0 Å². The molecule has 2 rings (SSSR count). The van der Waals surface area contributed by atoms with Gasteiger partial charge in [0.1, 0.15) is 11.6 Å². The van der Waals surface area contributed by atoms with Crippen LogP contribution in [0.1, 0.15) is 35.8 Å². The predicted octanol–water partition coefficient (Wildman–Crippen LogP) is 3.66. The molecule has 21 heavy (non-hydrogen) atoms. The molecule has 4 heteroatoms. The van der Waals surface area contributed by atoms with E-state index in [9.17, 15) is 13.9 Å². The topological polar surface area (TPSA) is 32.3 Å².